The van der Waals surface area contributed by atoms with Crippen LogP contribution in [0.25, 0.3) is 11.0 Å². The van der Waals surface area contributed by atoms with Crippen LogP contribution in [0.5, 0.6) is 0 Å². The van der Waals surface area contributed by atoms with Crippen LogP contribution >= 0.6 is 23.2 Å². The fourth-order valence-corrected chi connectivity index (χ4v) is 3.61. The molecule has 2 aromatic carbocycles. The van der Waals surface area contributed by atoms with Crippen LogP contribution in [0.1, 0.15) is 10.6 Å². The number of rotatable bonds is 4. The van der Waals surface area contributed by atoms with Crippen LogP contribution in [0.15, 0.2) is 57.8 Å². The van der Waals surface area contributed by atoms with E-state index in [1.807, 2.05) is 4.83 Å². The number of hydrogen-bond donors (Lipinski definition) is 2. The van der Waals surface area contributed by atoms with Crippen molar-refractivity contribution in [2.75, 3.05) is 0 Å². The number of benzene rings is 2. The van der Waals surface area contributed by atoms with Crippen molar-refractivity contribution in [3.05, 3.63) is 64.3 Å². The summed E-state index contributed by atoms with van der Waals surface area (Å²) in [6.45, 7) is 0. The van der Waals surface area contributed by atoms with Gasteiger partial charge in [-0.15, -0.1) is 4.83 Å². The highest BCUT2D eigenvalue weighted by atomic mass is 35.5. The first kappa shape index (κ1) is 16.8. The first-order chi connectivity index (χ1) is 11.4. The molecule has 0 atom stereocenters. The molecule has 9 heteroatoms. The molecule has 0 saturated heterocycles. The summed E-state index contributed by atoms with van der Waals surface area (Å²) in [5.41, 5.74) is 2.59. The SMILES string of the molecule is O=C(NNS(=O)(=O)c1cc(Cl)ccc1Cl)c1cc2ccccc2o1. The predicted octanol–water partition coefficient (Wildman–Crippen LogP) is 3.36. The fraction of sp³-hybridized carbons (Fsp3) is 0. The van der Waals surface area contributed by atoms with Gasteiger partial charge >= 0.3 is 5.91 Å². The summed E-state index contributed by atoms with van der Waals surface area (Å²) in [7, 11) is -4.09. The Balaban J connectivity index is 1.79. The van der Waals surface area contributed by atoms with Gasteiger partial charge in [0, 0.05) is 10.4 Å². The zero-order valence-corrected chi connectivity index (χ0v) is 14.2. The Labute approximate surface area is 147 Å². The Kier molecular flexibility index (Phi) is 4.51. The Bertz CT molecular complexity index is 998. The molecular formula is C15H10Cl2N2O4S. The molecule has 0 aliphatic heterocycles. The third kappa shape index (κ3) is 3.39. The maximum Gasteiger partial charge on any atom is 0.301 e. The van der Waals surface area contributed by atoms with Gasteiger partial charge in [-0.25, -0.2) is 8.42 Å². The second-order valence-corrected chi connectivity index (χ2v) is 7.28. The minimum absolute atomic E-state index is 0.0233. The van der Waals surface area contributed by atoms with E-state index >= 15 is 0 Å². The summed E-state index contributed by atoms with van der Waals surface area (Å²) < 4.78 is 29.8. The first-order valence-corrected chi connectivity index (χ1v) is 8.86. The maximum atomic E-state index is 12.2. The van der Waals surface area contributed by atoms with Crippen molar-refractivity contribution in [3.8, 4) is 0 Å². The van der Waals surface area contributed by atoms with Gasteiger partial charge in [0.25, 0.3) is 10.0 Å². The highest BCUT2D eigenvalue weighted by Gasteiger charge is 2.20. The molecule has 0 aliphatic rings. The minimum atomic E-state index is -4.09. The van der Waals surface area contributed by atoms with E-state index in [1.165, 1.54) is 24.3 Å². The van der Waals surface area contributed by atoms with E-state index in [2.05, 4.69) is 5.43 Å². The van der Waals surface area contributed by atoms with Gasteiger partial charge in [0.05, 0.1) is 5.02 Å². The van der Waals surface area contributed by atoms with Crippen molar-refractivity contribution >= 4 is 50.1 Å². The van der Waals surface area contributed by atoms with Crippen LogP contribution in [0, 0.1) is 0 Å². The molecular weight excluding hydrogens is 375 g/mol. The highest BCUT2D eigenvalue weighted by Crippen LogP contribution is 2.24. The highest BCUT2D eigenvalue weighted by molar-refractivity contribution is 7.89. The van der Waals surface area contributed by atoms with Gasteiger partial charge < -0.3 is 4.42 Å². The van der Waals surface area contributed by atoms with Gasteiger partial charge in [0.15, 0.2) is 5.76 Å². The number of para-hydroxylation sites is 1. The molecule has 0 radical (unpaired) electrons. The van der Waals surface area contributed by atoms with Crippen molar-refractivity contribution in [2.45, 2.75) is 4.90 Å². The Morgan fingerprint density at radius 1 is 1.04 bits per heavy atom. The van der Waals surface area contributed by atoms with Crippen LogP contribution in [0.4, 0.5) is 0 Å². The lowest BCUT2D eigenvalue weighted by atomic mass is 10.2. The van der Waals surface area contributed by atoms with Crippen LogP contribution in [0.2, 0.25) is 10.0 Å². The number of nitrogens with one attached hydrogen (secondary N) is 2. The van der Waals surface area contributed by atoms with Crippen molar-refractivity contribution in [1.82, 2.24) is 10.3 Å². The van der Waals surface area contributed by atoms with Crippen molar-refractivity contribution in [2.24, 2.45) is 0 Å². The van der Waals surface area contributed by atoms with Gasteiger partial charge in [-0.3, -0.25) is 10.2 Å². The van der Waals surface area contributed by atoms with E-state index in [-0.39, 0.29) is 20.7 Å². The minimum Gasteiger partial charge on any atom is -0.451 e. The Hall–Kier alpha value is -2.06. The van der Waals surface area contributed by atoms with E-state index in [1.54, 1.807) is 24.3 Å². The molecule has 124 valence electrons. The molecule has 3 rings (SSSR count). The number of fused-ring (bicyclic) bond motifs is 1. The van der Waals surface area contributed by atoms with Gasteiger partial charge in [0.1, 0.15) is 10.5 Å². The average molecular weight is 385 g/mol. The quantitative estimate of drug-likeness (QED) is 0.674. The number of sulfonamides is 1. The van der Waals surface area contributed by atoms with Gasteiger partial charge in [-0.1, -0.05) is 41.4 Å². The van der Waals surface area contributed by atoms with E-state index in [0.29, 0.717) is 5.58 Å². The second-order valence-electron chi connectivity index (χ2n) is 4.78. The van der Waals surface area contributed by atoms with E-state index in [0.717, 1.165) is 5.39 Å². The van der Waals surface area contributed by atoms with E-state index < -0.39 is 15.9 Å². The summed E-state index contributed by atoms with van der Waals surface area (Å²) in [6, 6.07) is 12.5. The van der Waals surface area contributed by atoms with E-state index in [9.17, 15) is 13.2 Å². The smallest absolute Gasteiger partial charge is 0.301 e. The monoisotopic (exact) mass is 384 g/mol. The van der Waals surface area contributed by atoms with Crippen LogP contribution in [0.3, 0.4) is 0 Å². The zero-order chi connectivity index (χ0) is 17.3. The number of hydrazine groups is 1. The predicted molar refractivity (Wildman–Crippen MR) is 90.5 cm³/mol. The molecule has 24 heavy (non-hydrogen) atoms. The average Bonchev–Trinajstić information content (AvgIpc) is 2.99. The lowest BCUT2D eigenvalue weighted by Gasteiger charge is -2.09. The van der Waals surface area contributed by atoms with Gasteiger partial charge in [-0.2, -0.15) is 0 Å². The zero-order valence-electron chi connectivity index (χ0n) is 11.9. The summed E-state index contributed by atoms with van der Waals surface area (Å²) in [5, 5.41) is 0.900. The third-order valence-corrected chi connectivity index (χ3v) is 5.10. The molecule has 0 aliphatic carbocycles. The summed E-state index contributed by atoms with van der Waals surface area (Å²) in [4.78, 5) is 13.8. The molecule has 0 saturated carbocycles. The lowest BCUT2D eigenvalue weighted by molar-refractivity contribution is 0.0919. The third-order valence-electron chi connectivity index (χ3n) is 3.13. The van der Waals surface area contributed by atoms with Crippen molar-refractivity contribution in [3.63, 3.8) is 0 Å². The van der Waals surface area contributed by atoms with Crippen molar-refractivity contribution in [1.29, 1.82) is 0 Å². The number of carbonyl (C=O) groups is 1. The molecule has 0 spiro atoms. The lowest BCUT2D eigenvalue weighted by Crippen LogP contribution is -2.41. The second kappa shape index (κ2) is 6.45. The van der Waals surface area contributed by atoms with Gasteiger partial charge in [0.2, 0.25) is 0 Å². The largest absolute Gasteiger partial charge is 0.451 e. The number of hydrogen-bond acceptors (Lipinski definition) is 4. The number of carbonyl (C=O) groups excluding carboxylic acids is 1. The summed E-state index contributed by atoms with van der Waals surface area (Å²) in [5.74, 6) is -0.774. The number of furan rings is 1. The maximum absolute atomic E-state index is 12.2. The first-order valence-electron chi connectivity index (χ1n) is 6.62. The number of amides is 1. The number of halogens is 2. The van der Waals surface area contributed by atoms with Crippen LogP contribution in [-0.2, 0) is 10.0 Å². The normalized spacial score (nSPS) is 11.6. The molecule has 6 nitrogen and oxygen atoms in total. The Morgan fingerprint density at radius 2 is 1.79 bits per heavy atom. The topological polar surface area (TPSA) is 88.4 Å². The summed E-state index contributed by atoms with van der Waals surface area (Å²) in [6.07, 6.45) is 0. The van der Waals surface area contributed by atoms with Gasteiger partial charge in [-0.05, 0) is 30.3 Å². The Morgan fingerprint density at radius 3 is 2.54 bits per heavy atom. The van der Waals surface area contributed by atoms with Crippen LogP contribution in [-0.4, -0.2) is 14.3 Å². The molecule has 1 aromatic heterocycles. The molecule has 1 amide bonds. The molecule has 1 heterocycles. The van der Waals surface area contributed by atoms with E-state index in [4.69, 9.17) is 27.6 Å². The molecule has 3 aromatic rings. The molecule has 0 unspecified atom stereocenters. The van der Waals surface area contributed by atoms with Crippen molar-refractivity contribution < 1.29 is 17.6 Å². The van der Waals surface area contributed by atoms with Crippen LogP contribution < -0.4 is 10.3 Å². The standard InChI is InChI=1S/C15H10Cl2N2O4S/c16-10-5-6-11(17)14(8-10)24(21,22)19-18-15(20)13-7-9-3-1-2-4-12(9)23-13/h1-8,19H,(H,18,20). The molecule has 0 fully saturated rings. The summed E-state index contributed by atoms with van der Waals surface area (Å²) >= 11 is 11.6. The molecule has 0 bridgehead atoms. The molecule has 2 N–H and O–H groups in total. The fourth-order valence-electron chi connectivity index (χ4n) is 2.01.